The van der Waals surface area contributed by atoms with Gasteiger partial charge in [0.2, 0.25) is 5.91 Å². The molecule has 1 aromatic rings. The first kappa shape index (κ1) is 26.7. The molecule has 170 valence electrons. The highest BCUT2D eigenvalue weighted by molar-refractivity contribution is 14.0. The van der Waals surface area contributed by atoms with Crippen molar-refractivity contribution >= 4 is 35.8 Å². The smallest absolute Gasteiger partial charge is 0.223 e. The first-order valence-electron chi connectivity index (χ1n) is 11.0. The Balaban J connectivity index is 0.00000450. The minimum absolute atomic E-state index is 0. The molecule has 1 aliphatic heterocycles. The van der Waals surface area contributed by atoms with Gasteiger partial charge in [-0.25, -0.2) is 0 Å². The van der Waals surface area contributed by atoms with Gasteiger partial charge in [-0.2, -0.15) is 0 Å². The van der Waals surface area contributed by atoms with Crippen molar-refractivity contribution < 1.29 is 9.90 Å². The molecule has 0 saturated carbocycles. The molecule has 1 aliphatic rings. The van der Waals surface area contributed by atoms with Gasteiger partial charge in [0.25, 0.3) is 0 Å². The zero-order valence-electron chi connectivity index (χ0n) is 18.7. The number of carbonyl (C=O) groups excluding carboxylic acids is 1. The topological polar surface area (TPSA) is 77.0 Å². The average Bonchev–Trinajstić information content (AvgIpc) is 3.12. The van der Waals surface area contributed by atoms with Gasteiger partial charge < -0.3 is 20.6 Å². The van der Waals surface area contributed by atoms with Crippen LogP contribution in [0.1, 0.15) is 45.6 Å². The maximum atomic E-state index is 12.4. The molecule has 1 amide bonds. The average molecular weight is 530 g/mol. The minimum Gasteiger partial charge on any atom is -0.396 e. The van der Waals surface area contributed by atoms with Crippen LogP contribution in [0.25, 0.3) is 0 Å². The SMILES string of the molecule is CCNC(=NCC(CC)(CC)CO)NCC1CC(=O)N(CCc2ccccc2)C1.I. The summed E-state index contributed by atoms with van der Waals surface area (Å²) in [5.41, 5.74) is 1.11. The molecular formula is C23H39IN4O2. The van der Waals surface area contributed by atoms with E-state index in [1.54, 1.807) is 0 Å². The second kappa shape index (κ2) is 13.9. The number of rotatable bonds is 11. The first-order valence-corrected chi connectivity index (χ1v) is 11.0. The lowest BCUT2D eigenvalue weighted by molar-refractivity contribution is -0.127. The highest BCUT2D eigenvalue weighted by Crippen LogP contribution is 2.25. The molecule has 1 aromatic carbocycles. The van der Waals surface area contributed by atoms with Crippen LogP contribution in [0, 0.1) is 11.3 Å². The Kier molecular flexibility index (Phi) is 12.3. The Labute approximate surface area is 198 Å². The third-order valence-corrected chi connectivity index (χ3v) is 6.12. The van der Waals surface area contributed by atoms with E-state index in [1.165, 1.54) is 5.56 Å². The van der Waals surface area contributed by atoms with Gasteiger partial charge in [-0.05, 0) is 31.7 Å². The van der Waals surface area contributed by atoms with Crippen molar-refractivity contribution in [3.05, 3.63) is 35.9 Å². The standard InChI is InChI=1S/C23H38N4O2.HI/c1-4-23(5-2,18-28)17-26-22(24-6-3)25-15-20-14-21(29)27(16-20)13-12-19-10-8-7-9-11-19;/h7-11,20,28H,4-6,12-18H2,1-3H3,(H2,24,25,26);1H. The van der Waals surface area contributed by atoms with Crippen LogP contribution in [-0.2, 0) is 11.2 Å². The summed E-state index contributed by atoms with van der Waals surface area (Å²) < 4.78 is 0. The number of guanidine groups is 1. The molecule has 1 fully saturated rings. The van der Waals surface area contributed by atoms with Crippen molar-refractivity contribution in [1.29, 1.82) is 0 Å². The van der Waals surface area contributed by atoms with E-state index in [2.05, 4.69) is 36.6 Å². The number of carbonyl (C=O) groups is 1. The van der Waals surface area contributed by atoms with E-state index in [0.29, 0.717) is 18.9 Å². The van der Waals surface area contributed by atoms with E-state index in [0.717, 1.165) is 51.4 Å². The number of aliphatic imine (C=N–C) groups is 1. The third kappa shape index (κ3) is 8.06. The number of hydrogen-bond acceptors (Lipinski definition) is 3. The highest BCUT2D eigenvalue weighted by Gasteiger charge is 2.29. The quantitative estimate of drug-likeness (QED) is 0.234. The zero-order chi connectivity index (χ0) is 21.1. The Morgan fingerprint density at radius 3 is 2.50 bits per heavy atom. The number of aliphatic hydroxyl groups excluding tert-OH is 1. The van der Waals surface area contributed by atoms with Gasteiger partial charge in [-0.15, -0.1) is 24.0 Å². The summed E-state index contributed by atoms with van der Waals surface area (Å²) in [6, 6.07) is 10.3. The van der Waals surface area contributed by atoms with Crippen molar-refractivity contribution in [3.63, 3.8) is 0 Å². The fraction of sp³-hybridized carbons (Fsp3) is 0.652. The summed E-state index contributed by atoms with van der Waals surface area (Å²) in [6.45, 7) is 10.1. The molecule has 7 heteroatoms. The van der Waals surface area contributed by atoms with Crippen LogP contribution in [-0.4, -0.2) is 61.2 Å². The highest BCUT2D eigenvalue weighted by atomic mass is 127. The number of aliphatic hydroxyl groups is 1. The summed E-state index contributed by atoms with van der Waals surface area (Å²) in [4.78, 5) is 19.1. The van der Waals surface area contributed by atoms with Crippen molar-refractivity contribution in [2.45, 2.75) is 46.5 Å². The number of amides is 1. The predicted octanol–water partition coefficient (Wildman–Crippen LogP) is 3.05. The van der Waals surface area contributed by atoms with Crippen molar-refractivity contribution in [2.24, 2.45) is 16.3 Å². The molecule has 0 aliphatic carbocycles. The van der Waals surface area contributed by atoms with Gasteiger partial charge in [0.15, 0.2) is 5.96 Å². The molecule has 1 atom stereocenters. The fourth-order valence-electron chi connectivity index (χ4n) is 3.69. The Morgan fingerprint density at radius 1 is 1.20 bits per heavy atom. The summed E-state index contributed by atoms with van der Waals surface area (Å²) in [6.07, 6.45) is 3.28. The number of likely N-dealkylation sites (tertiary alicyclic amines) is 1. The van der Waals surface area contributed by atoms with Gasteiger partial charge in [0.1, 0.15) is 0 Å². The van der Waals surface area contributed by atoms with Crippen molar-refractivity contribution in [2.75, 3.05) is 39.3 Å². The fourth-order valence-corrected chi connectivity index (χ4v) is 3.69. The van der Waals surface area contributed by atoms with Crippen molar-refractivity contribution in [1.82, 2.24) is 15.5 Å². The number of benzene rings is 1. The lowest BCUT2D eigenvalue weighted by Crippen LogP contribution is -2.41. The lowest BCUT2D eigenvalue weighted by atomic mass is 9.83. The molecule has 3 N–H and O–H groups in total. The third-order valence-electron chi connectivity index (χ3n) is 6.12. The van der Waals surface area contributed by atoms with E-state index in [4.69, 9.17) is 4.99 Å². The van der Waals surface area contributed by atoms with Crippen LogP contribution < -0.4 is 10.6 Å². The van der Waals surface area contributed by atoms with Gasteiger partial charge in [0, 0.05) is 43.9 Å². The molecule has 0 bridgehead atoms. The molecule has 1 heterocycles. The largest absolute Gasteiger partial charge is 0.396 e. The van der Waals surface area contributed by atoms with Crippen LogP contribution in [0.15, 0.2) is 35.3 Å². The number of hydrogen-bond donors (Lipinski definition) is 3. The molecule has 0 spiro atoms. The molecule has 0 radical (unpaired) electrons. The maximum Gasteiger partial charge on any atom is 0.223 e. The maximum absolute atomic E-state index is 12.4. The van der Waals surface area contributed by atoms with Gasteiger partial charge in [-0.3, -0.25) is 9.79 Å². The van der Waals surface area contributed by atoms with E-state index in [1.807, 2.05) is 30.0 Å². The van der Waals surface area contributed by atoms with Gasteiger partial charge >= 0.3 is 0 Å². The Bertz CT molecular complexity index is 642. The molecule has 0 aromatic heterocycles. The van der Waals surface area contributed by atoms with Crippen LogP contribution >= 0.6 is 24.0 Å². The van der Waals surface area contributed by atoms with Crippen LogP contribution in [0.5, 0.6) is 0 Å². The van der Waals surface area contributed by atoms with E-state index in [-0.39, 0.29) is 41.9 Å². The second-order valence-corrected chi connectivity index (χ2v) is 8.09. The number of nitrogens with zero attached hydrogens (tertiary/aromatic N) is 2. The van der Waals surface area contributed by atoms with E-state index < -0.39 is 0 Å². The summed E-state index contributed by atoms with van der Waals surface area (Å²) >= 11 is 0. The second-order valence-electron chi connectivity index (χ2n) is 8.09. The minimum atomic E-state index is -0.153. The molecule has 6 nitrogen and oxygen atoms in total. The molecule has 30 heavy (non-hydrogen) atoms. The molecule has 1 saturated heterocycles. The monoisotopic (exact) mass is 530 g/mol. The summed E-state index contributed by atoms with van der Waals surface area (Å²) in [7, 11) is 0. The molecular weight excluding hydrogens is 491 g/mol. The number of nitrogens with one attached hydrogen (secondary N) is 2. The Morgan fingerprint density at radius 2 is 1.90 bits per heavy atom. The predicted molar refractivity (Wildman–Crippen MR) is 134 cm³/mol. The van der Waals surface area contributed by atoms with Crippen LogP contribution in [0.3, 0.4) is 0 Å². The van der Waals surface area contributed by atoms with Crippen LogP contribution in [0.4, 0.5) is 0 Å². The Hall–Kier alpha value is -1.35. The van der Waals surface area contributed by atoms with Gasteiger partial charge in [-0.1, -0.05) is 44.2 Å². The molecule has 1 unspecified atom stereocenters. The lowest BCUT2D eigenvalue weighted by Gasteiger charge is -2.27. The van der Waals surface area contributed by atoms with Crippen LogP contribution in [0.2, 0.25) is 0 Å². The normalized spacial score (nSPS) is 17.1. The van der Waals surface area contributed by atoms with Crippen molar-refractivity contribution in [3.8, 4) is 0 Å². The summed E-state index contributed by atoms with van der Waals surface area (Å²) in [5, 5.41) is 16.4. The number of halogens is 1. The first-order chi connectivity index (χ1) is 14.1. The summed E-state index contributed by atoms with van der Waals surface area (Å²) in [5.74, 6) is 1.30. The van der Waals surface area contributed by atoms with Gasteiger partial charge in [0.05, 0.1) is 13.2 Å². The molecule has 2 rings (SSSR count). The van der Waals surface area contributed by atoms with E-state index in [9.17, 15) is 9.90 Å². The van der Waals surface area contributed by atoms with E-state index >= 15 is 0 Å². The zero-order valence-corrected chi connectivity index (χ0v) is 21.0.